The topological polar surface area (TPSA) is 191 Å². The van der Waals surface area contributed by atoms with Gasteiger partial charge in [-0.3, -0.25) is 9.36 Å². The van der Waals surface area contributed by atoms with Gasteiger partial charge in [0, 0.05) is 12.7 Å². The number of aliphatic hydroxyl groups is 3. The van der Waals surface area contributed by atoms with Gasteiger partial charge in [-0.05, 0) is 43.1 Å². The van der Waals surface area contributed by atoms with E-state index in [0.29, 0.717) is 12.8 Å². The van der Waals surface area contributed by atoms with E-state index in [2.05, 4.69) is 0 Å². The number of aliphatic carboxylic acids is 1. The van der Waals surface area contributed by atoms with Crippen LogP contribution in [0.1, 0.15) is 56.9 Å². The fraction of sp³-hybridized carbons (Fsp3) is 0.690. The van der Waals surface area contributed by atoms with E-state index in [1.165, 1.54) is 4.90 Å². The average Bonchev–Trinajstić information content (AvgIpc) is 3.42. The molecule has 1 aromatic carbocycles. The van der Waals surface area contributed by atoms with Crippen molar-refractivity contribution in [3.8, 4) is 0 Å². The number of benzene rings is 1. The first-order valence-electron chi connectivity index (χ1n) is 14.7. The van der Waals surface area contributed by atoms with Gasteiger partial charge in [0.2, 0.25) is 19.6 Å². The van der Waals surface area contributed by atoms with Crippen molar-refractivity contribution in [3.05, 3.63) is 35.9 Å². The molecule has 2 heterocycles. The molecule has 1 aliphatic carbocycles. The summed E-state index contributed by atoms with van der Waals surface area (Å²) in [6, 6.07) is 8.62. The number of ether oxygens (including phenoxy) is 2. The van der Waals surface area contributed by atoms with Crippen molar-refractivity contribution in [2.45, 2.75) is 94.5 Å². The lowest BCUT2D eigenvalue weighted by Gasteiger charge is -2.38. The molecular formula is C29H42NO11P. The quantitative estimate of drug-likeness (QED) is 0.138. The van der Waals surface area contributed by atoms with E-state index >= 15 is 0 Å². The van der Waals surface area contributed by atoms with Gasteiger partial charge in [0.1, 0.15) is 30.5 Å². The molecule has 2 saturated heterocycles. The SMILES string of the molecule is O=C(O)C1OC(OC(=O)C2CC(C3CCCCC3)CN2C(=O)CP(=O)(O)CCCCc2ccccc2)C(O)C(O)C1O. The first kappa shape index (κ1) is 32.6. The lowest BCUT2D eigenvalue weighted by Crippen LogP contribution is -2.61. The van der Waals surface area contributed by atoms with Crippen LogP contribution in [-0.4, -0.2) is 104 Å². The molecule has 234 valence electrons. The van der Waals surface area contributed by atoms with Crippen LogP contribution in [0.25, 0.3) is 0 Å². The van der Waals surface area contributed by atoms with Crippen LogP contribution < -0.4 is 0 Å². The van der Waals surface area contributed by atoms with Crippen LogP contribution in [0.4, 0.5) is 0 Å². The smallest absolute Gasteiger partial charge is 0.335 e. The Hall–Kier alpha value is -2.34. The Labute approximate surface area is 245 Å². The van der Waals surface area contributed by atoms with Gasteiger partial charge in [-0.25, -0.2) is 9.59 Å². The number of unbranched alkanes of at least 4 members (excludes halogenated alkanes) is 1. The summed E-state index contributed by atoms with van der Waals surface area (Å²) in [5.74, 6) is -3.00. The number of carboxylic acids is 1. The fourth-order valence-corrected chi connectivity index (χ4v) is 7.85. The Balaban J connectivity index is 1.41. The summed E-state index contributed by atoms with van der Waals surface area (Å²) >= 11 is 0. The van der Waals surface area contributed by atoms with Crippen molar-refractivity contribution in [1.29, 1.82) is 0 Å². The maximum atomic E-state index is 13.4. The van der Waals surface area contributed by atoms with E-state index in [1.54, 1.807) is 0 Å². The summed E-state index contributed by atoms with van der Waals surface area (Å²) in [7, 11) is -3.84. The zero-order valence-electron chi connectivity index (χ0n) is 23.6. The molecule has 0 spiro atoms. The van der Waals surface area contributed by atoms with Crippen LogP contribution in [0.2, 0.25) is 0 Å². The van der Waals surface area contributed by atoms with Crippen molar-refractivity contribution in [1.82, 2.24) is 4.90 Å². The normalized spacial score (nSPS) is 31.8. The van der Waals surface area contributed by atoms with Crippen molar-refractivity contribution < 1.29 is 53.7 Å². The minimum absolute atomic E-state index is 0.0283. The highest BCUT2D eigenvalue weighted by atomic mass is 31.2. The van der Waals surface area contributed by atoms with Gasteiger partial charge in [-0.15, -0.1) is 0 Å². The molecule has 1 amide bonds. The molecule has 8 atom stereocenters. The van der Waals surface area contributed by atoms with E-state index < -0.39 is 68.1 Å². The van der Waals surface area contributed by atoms with Gasteiger partial charge in [0.15, 0.2) is 6.10 Å². The van der Waals surface area contributed by atoms with Gasteiger partial charge in [0.05, 0.1) is 0 Å². The molecule has 0 radical (unpaired) electrons. The largest absolute Gasteiger partial charge is 0.479 e. The number of rotatable bonds is 11. The number of carbonyl (C=O) groups excluding carboxylic acids is 2. The Morgan fingerprint density at radius 2 is 1.64 bits per heavy atom. The van der Waals surface area contributed by atoms with Crippen LogP contribution in [0.15, 0.2) is 30.3 Å². The molecule has 8 unspecified atom stereocenters. The number of carboxylic acid groups (broad SMARTS) is 1. The molecule has 3 aliphatic rings. The number of aliphatic hydroxyl groups excluding tert-OH is 3. The molecule has 5 N–H and O–H groups in total. The molecule has 0 bridgehead atoms. The third kappa shape index (κ3) is 8.18. The second kappa shape index (κ2) is 14.4. The van der Waals surface area contributed by atoms with Crippen LogP contribution in [0.5, 0.6) is 0 Å². The lowest BCUT2D eigenvalue weighted by atomic mass is 9.79. The summed E-state index contributed by atoms with van der Waals surface area (Å²) < 4.78 is 23.4. The van der Waals surface area contributed by atoms with Crippen LogP contribution in [0, 0.1) is 11.8 Å². The van der Waals surface area contributed by atoms with Gasteiger partial charge in [-0.1, -0.05) is 62.4 Å². The second-order valence-corrected chi connectivity index (χ2v) is 14.3. The summed E-state index contributed by atoms with van der Waals surface area (Å²) in [4.78, 5) is 50.1. The standard InChI is InChI=1S/C29H42NO11P/c31-22(17-42(38,39)14-8-7-11-18-9-3-1-4-10-18)30-16-20(19-12-5-2-6-13-19)15-21(30)28(37)41-29-25(34)23(32)24(33)26(40-29)27(35)36/h1,3-4,9-10,19-21,23-26,29,32-34H,2,5-8,11-17H2,(H,35,36)(H,38,39). The van der Waals surface area contributed by atoms with Crippen molar-refractivity contribution in [2.75, 3.05) is 18.9 Å². The molecule has 12 nitrogen and oxygen atoms in total. The van der Waals surface area contributed by atoms with E-state index in [-0.39, 0.29) is 31.0 Å². The third-order valence-corrected chi connectivity index (χ3v) is 10.5. The molecule has 2 aliphatic heterocycles. The van der Waals surface area contributed by atoms with Crippen molar-refractivity contribution >= 4 is 25.2 Å². The second-order valence-electron chi connectivity index (χ2n) is 11.8. The van der Waals surface area contributed by atoms with Crippen LogP contribution in [-0.2, 0) is 34.8 Å². The molecule has 13 heteroatoms. The highest BCUT2D eigenvalue weighted by molar-refractivity contribution is 7.58. The molecular weight excluding hydrogens is 569 g/mol. The molecule has 4 rings (SSSR count). The highest BCUT2D eigenvalue weighted by Crippen LogP contribution is 2.44. The lowest BCUT2D eigenvalue weighted by molar-refractivity contribution is -0.287. The fourth-order valence-electron chi connectivity index (χ4n) is 6.37. The summed E-state index contributed by atoms with van der Waals surface area (Å²) in [5, 5.41) is 39.6. The van der Waals surface area contributed by atoms with Crippen LogP contribution in [0.3, 0.4) is 0 Å². The molecule has 0 aromatic heterocycles. The molecule has 1 aromatic rings. The minimum atomic E-state index is -3.84. The first-order valence-corrected chi connectivity index (χ1v) is 16.8. The van der Waals surface area contributed by atoms with Crippen molar-refractivity contribution in [3.63, 3.8) is 0 Å². The summed E-state index contributed by atoms with van der Waals surface area (Å²) in [5.41, 5.74) is 1.12. The Morgan fingerprint density at radius 1 is 0.952 bits per heavy atom. The van der Waals surface area contributed by atoms with E-state index in [0.717, 1.165) is 44.1 Å². The maximum absolute atomic E-state index is 13.4. The Bertz CT molecular complexity index is 1130. The first-order chi connectivity index (χ1) is 20.0. The molecule has 42 heavy (non-hydrogen) atoms. The Morgan fingerprint density at radius 3 is 2.31 bits per heavy atom. The summed E-state index contributed by atoms with van der Waals surface area (Å²) in [6.45, 7) is 0.213. The van der Waals surface area contributed by atoms with Gasteiger partial charge in [0.25, 0.3) is 0 Å². The monoisotopic (exact) mass is 611 g/mol. The Kier molecular flexibility index (Phi) is 11.2. The number of amides is 1. The number of likely N-dealkylation sites (tertiary alicyclic amines) is 1. The number of hydrogen-bond donors (Lipinski definition) is 5. The predicted molar refractivity (Wildman–Crippen MR) is 150 cm³/mol. The number of esters is 1. The zero-order chi connectivity index (χ0) is 30.4. The predicted octanol–water partition coefficient (Wildman–Crippen LogP) is 1.51. The number of aryl methyl sites for hydroxylation is 1. The minimum Gasteiger partial charge on any atom is -0.479 e. The third-order valence-electron chi connectivity index (χ3n) is 8.74. The van der Waals surface area contributed by atoms with Gasteiger partial charge < -0.3 is 39.7 Å². The van der Waals surface area contributed by atoms with Gasteiger partial charge >= 0.3 is 11.9 Å². The summed E-state index contributed by atoms with van der Waals surface area (Å²) in [6.07, 6.45) is -3.06. The van der Waals surface area contributed by atoms with Crippen molar-refractivity contribution in [2.24, 2.45) is 11.8 Å². The number of hydrogen-bond acceptors (Lipinski definition) is 9. The van der Waals surface area contributed by atoms with Crippen LogP contribution >= 0.6 is 7.37 Å². The number of nitrogens with zero attached hydrogens (tertiary/aromatic N) is 1. The average molecular weight is 612 g/mol. The molecule has 1 saturated carbocycles. The zero-order valence-corrected chi connectivity index (χ0v) is 24.5. The maximum Gasteiger partial charge on any atom is 0.335 e. The highest BCUT2D eigenvalue weighted by Gasteiger charge is 2.51. The van der Waals surface area contributed by atoms with E-state index in [9.17, 15) is 44.3 Å². The van der Waals surface area contributed by atoms with E-state index in [1.807, 2.05) is 30.3 Å². The van der Waals surface area contributed by atoms with Gasteiger partial charge in [-0.2, -0.15) is 0 Å². The molecule has 3 fully saturated rings. The number of carbonyl (C=O) groups is 3. The van der Waals surface area contributed by atoms with E-state index in [4.69, 9.17) is 9.47 Å².